The first-order chi connectivity index (χ1) is 26.1. The van der Waals surface area contributed by atoms with Gasteiger partial charge in [-0.3, -0.25) is 0 Å². The van der Waals surface area contributed by atoms with Crippen LogP contribution in [0.1, 0.15) is 99.8 Å². The minimum Gasteiger partial charge on any atom is -0.396 e. The number of rotatable bonds is 7. The lowest BCUT2D eigenvalue weighted by Gasteiger charge is -2.72. The van der Waals surface area contributed by atoms with Crippen molar-refractivity contribution in [2.24, 2.45) is 50.2 Å². The summed E-state index contributed by atoms with van der Waals surface area (Å²) in [7, 11) is 0. The van der Waals surface area contributed by atoms with Gasteiger partial charge < -0.3 is 70.0 Å². The molecular weight excluding hydrogens is 728 g/mol. The van der Waals surface area contributed by atoms with E-state index in [-0.39, 0.29) is 36.4 Å². The molecule has 0 aromatic heterocycles. The third-order valence-corrected chi connectivity index (χ3v) is 17.4. The van der Waals surface area contributed by atoms with Crippen LogP contribution in [0.2, 0.25) is 0 Å². The molecule has 10 N–H and O–H groups in total. The minimum absolute atomic E-state index is 0.0351. The number of hydrogen-bond donors (Lipinski definition) is 10. The molecule has 322 valence electrons. The lowest BCUT2D eigenvalue weighted by molar-refractivity contribution is -0.368. The van der Waals surface area contributed by atoms with Crippen molar-refractivity contribution in [2.75, 3.05) is 19.8 Å². The normalized spacial score (nSPS) is 56.9. The van der Waals surface area contributed by atoms with Gasteiger partial charge in [0, 0.05) is 16.7 Å². The molecule has 56 heavy (non-hydrogen) atoms. The molecule has 14 nitrogen and oxygen atoms in total. The van der Waals surface area contributed by atoms with Gasteiger partial charge in [0.15, 0.2) is 12.6 Å². The summed E-state index contributed by atoms with van der Waals surface area (Å²) in [6.45, 7) is 13.9. The molecule has 2 aliphatic heterocycles. The average molecular weight is 799 g/mol. The quantitative estimate of drug-likeness (QED) is 0.126. The number of hydrogen-bond acceptors (Lipinski definition) is 14. The van der Waals surface area contributed by atoms with Crippen molar-refractivity contribution >= 4 is 0 Å². The molecule has 4 saturated carbocycles. The van der Waals surface area contributed by atoms with E-state index in [9.17, 15) is 51.1 Å². The third kappa shape index (κ3) is 6.17. The van der Waals surface area contributed by atoms with Crippen LogP contribution in [0, 0.1) is 50.2 Å². The fourth-order valence-corrected chi connectivity index (χ4v) is 13.8. The summed E-state index contributed by atoms with van der Waals surface area (Å²) in [5, 5.41) is 110. The van der Waals surface area contributed by atoms with Crippen molar-refractivity contribution in [3.63, 3.8) is 0 Å². The lowest BCUT2D eigenvalue weighted by atomic mass is 9.33. The Labute approximate surface area is 330 Å². The maximum atomic E-state index is 12.4. The summed E-state index contributed by atoms with van der Waals surface area (Å²) in [5.41, 5.74) is -1.56. The van der Waals surface area contributed by atoms with Crippen molar-refractivity contribution in [3.05, 3.63) is 11.6 Å². The van der Waals surface area contributed by atoms with Gasteiger partial charge in [0.1, 0.15) is 42.7 Å². The van der Waals surface area contributed by atoms with Gasteiger partial charge in [-0.25, -0.2) is 0 Å². The molecule has 14 heteroatoms. The lowest BCUT2D eigenvalue weighted by Crippen LogP contribution is -2.70. The molecule has 21 atom stereocenters. The van der Waals surface area contributed by atoms with Crippen LogP contribution < -0.4 is 0 Å². The van der Waals surface area contributed by atoms with Crippen LogP contribution in [0.25, 0.3) is 0 Å². The summed E-state index contributed by atoms with van der Waals surface area (Å²) in [6, 6.07) is 0. The summed E-state index contributed by atoms with van der Waals surface area (Å²) in [4.78, 5) is 0. The Morgan fingerprint density at radius 2 is 1.39 bits per heavy atom. The van der Waals surface area contributed by atoms with Crippen LogP contribution in [0.3, 0.4) is 0 Å². The highest BCUT2D eigenvalue weighted by molar-refractivity contribution is 5.37. The summed E-state index contributed by atoms with van der Waals surface area (Å²) in [6.07, 6.45) is -9.02. The number of fused-ring (bicyclic) bond motifs is 7. The summed E-state index contributed by atoms with van der Waals surface area (Å²) < 4.78 is 24.0. The van der Waals surface area contributed by atoms with Gasteiger partial charge in [0.25, 0.3) is 0 Å². The Hall–Kier alpha value is -0.820. The van der Waals surface area contributed by atoms with E-state index in [4.69, 9.17) is 18.9 Å². The molecule has 0 bridgehead atoms. The van der Waals surface area contributed by atoms with Crippen molar-refractivity contribution < 1.29 is 70.0 Å². The van der Waals surface area contributed by atoms with E-state index in [0.29, 0.717) is 19.3 Å². The Morgan fingerprint density at radius 3 is 2.04 bits per heavy atom. The molecular formula is C42H70O14. The topological polar surface area (TPSA) is 239 Å². The predicted octanol–water partition coefficient (Wildman–Crippen LogP) is 0.731. The fraction of sp³-hybridized carbons (Fsp3) is 0.952. The highest BCUT2D eigenvalue weighted by Crippen LogP contribution is 2.76. The van der Waals surface area contributed by atoms with Crippen LogP contribution in [0.4, 0.5) is 0 Å². The third-order valence-electron chi connectivity index (χ3n) is 17.4. The SMILES string of the molecule is C[C@H]1O[C@@H](O[C@H]2CC[C@@]3(C)C(CC[C@]4(C)C3[C@H](O)C=C3C5CC(C)(C)CCC5(CO)[C@@H](O)C[C@]34C)[C@]2(C)CO)[C@H](O)[C@@H](O[C@@H]2O[C@H](CO)[C@@H](O)[C@H](O)[C@H]2O)[C@H]1O. The fourth-order valence-electron chi connectivity index (χ4n) is 13.8. The second-order valence-corrected chi connectivity index (χ2v) is 20.8. The number of ether oxygens (including phenoxy) is 4. The first-order valence-electron chi connectivity index (χ1n) is 21.0. The first kappa shape index (κ1) is 43.3. The zero-order chi connectivity index (χ0) is 41.1. The largest absolute Gasteiger partial charge is 0.396 e. The second kappa shape index (κ2) is 14.7. The van der Waals surface area contributed by atoms with Gasteiger partial charge >= 0.3 is 0 Å². The van der Waals surface area contributed by atoms with Gasteiger partial charge in [-0.05, 0) is 91.8 Å². The molecule has 6 fully saturated rings. The Morgan fingerprint density at radius 1 is 0.714 bits per heavy atom. The molecule has 0 radical (unpaired) electrons. The minimum atomic E-state index is -1.75. The smallest absolute Gasteiger partial charge is 0.187 e. The van der Waals surface area contributed by atoms with Crippen molar-refractivity contribution in [3.8, 4) is 0 Å². The average Bonchev–Trinajstić information content (AvgIpc) is 3.14. The van der Waals surface area contributed by atoms with Crippen molar-refractivity contribution in [1.82, 2.24) is 0 Å². The molecule has 0 spiro atoms. The van der Waals surface area contributed by atoms with E-state index in [1.54, 1.807) is 6.92 Å². The van der Waals surface area contributed by atoms with E-state index < -0.39 is 113 Å². The molecule has 4 unspecified atom stereocenters. The van der Waals surface area contributed by atoms with Crippen molar-refractivity contribution in [1.29, 1.82) is 0 Å². The summed E-state index contributed by atoms with van der Waals surface area (Å²) >= 11 is 0. The maximum Gasteiger partial charge on any atom is 0.187 e. The Balaban J connectivity index is 1.15. The number of aliphatic hydroxyl groups is 10. The van der Waals surface area contributed by atoms with Gasteiger partial charge in [-0.1, -0.05) is 53.2 Å². The summed E-state index contributed by atoms with van der Waals surface area (Å²) in [5.74, 6) is -0.373. The molecule has 5 aliphatic carbocycles. The molecule has 2 heterocycles. The molecule has 7 aliphatic rings. The predicted molar refractivity (Wildman–Crippen MR) is 200 cm³/mol. The highest BCUT2D eigenvalue weighted by Gasteiger charge is 2.72. The molecule has 0 aromatic rings. The Bertz CT molecular complexity index is 1480. The van der Waals surface area contributed by atoms with Crippen LogP contribution >= 0.6 is 0 Å². The van der Waals surface area contributed by atoms with E-state index in [1.165, 1.54) is 5.57 Å². The first-order valence-corrected chi connectivity index (χ1v) is 21.0. The monoisotopic (exact) mass is 798 g/mol. The molecule has 0 aromatic carbocycles. The second-order valence-electron chi connectivity index (χ2n) is 20.8. The van der Waals surface area contributed by atoms with Crippen molar-refractivity contribution in [2.45, 2.75) is 180 Å². The van der Waals surface area contributed by atoms with Crippen LogP contribution in [-0.4, -0.2) is 151 Å². The van der Waals surface area contributed by atoms with Gasteiger partial charge in [-0.2, -0.15) is 0 Å². The van der Waals surface area contributed by atoms with Gasteiger partial charge in [0.05, 0.1) is 44.2 Å². The highest BCUT2D eigenvalue weighted by atomic mass is 16.7. The number of aliphatic hydroxyl groups excluding tert-OH is 10. The van der Waals surface area contributed by atoms with E-state index >= 15 is 0 Å². The maximum absolute atomic E-state index is 12.4. The zero-order valence-corrected chi connectivity index (χ0v) is 34.2. The Kier molecular flexibility index (Phi) is 11.3. The van der Waals surface area contributed by atoms with E-state index in [1.807, 2.05) is 6.92 Å². The molecule has 7 rings (SSSR count). The van der Waals surface area contributed by atoms with Crippen LogP contribution in [0.5, 0.6) is 0 Å². The van der Waals surface area contributed by atoms with Crippen LogP contribution in [-0.2, 0) is 18.9 Å². The molecule has 0 amide bonds. The van der Waals surface area contributed by atoms with Gasteiger partial charge in [0.2, 0.25) is 0 Å². The van der Waals surface area contributed by atoms with Gasteiger partial charge in [-0.15, -0.1) is 0 Å². The zero-order valence-electron chi connectivity index (χ0n) is 34.2. The standard InChI is InChI=1S/C42H70O14/c1-20-28(48)33(56-35-31(51)30(50)29(49)24(17-43)54-35)32(52)36(53-20)55-27-9-10-38(4)25(39(27,5)18-44)8-11-40(6)34(38)23(46)14-21-22-15-37(2,3)12-13-42(22,19-45)26(47)16-41(21,40)7/h14,20,22-36,43-52H,8-13,15-19H2,1-7H3/t20-,22?,23-,24-,25?,26+,27+,28+,29-,30+,31-,32-,33+,34?,35+,36+,38+,39+,40-,41-,42?/m1/s1. The number of allylic oxidation sites excluding steroid dienone is 1. The molecule has 2 saturated heterocycles. The van der Waals surface area contributed by atoms with E-state index in [2.05, 4.69) is 40.7 Å². The van der Waals surface area contributed by atoms with Crippen LogP contribution in [0.15, 0.2) is 11.6 Å². The van der Waals surface area contributed by atoms with E-state index in [0.717, 1.165) is 32.1 Å².